The Morgan fingerprint density at radius 3 is 2.80 bits per heavy atom. The van der Waals surface area contributed by atoms with E-state index in [1.165, 1.54) is 0 Å². The first kappa shape index (κ1) is 13.3. The average molecular weight is 292 g/mol. The molecule has 1 N–H and O–H groups in total. The summed E-state index contributed by atoms with van der Waals surface area (Å²) in [5.74, 6) is 2.36. The molecule has 0 saturated heterocycles. The van der Waals surface area contributed by atoms with Crippen LogP contribution in [0.25, 0.3) is 11.3 Å². The summed E-state index contributed by atoms with van der Waals surface area (Å²) in [6.07, 6.45) is 0. The molecule has 0 radical (unpaired) electrons. The minimum atomic E-state index is -0.0166. The van der Waals surface area contributed by atoms with Crippen LogP contribution in [-0.4, -0.2) is 34.6 Å². The van der Waals surface area contributed by atoms with Crippen LogP contribution in [0.2, 0.25) is 0 Å². The largest absolute Gasteiger partial charge is 0.493 e. The molecule has 6 heteroatoms. The molecule has 1 aliphatic rings. The molecule has 0 saturated carbocycles. The highest BCUT2D eigenvalue weighted by Gasteiger charge is 2.22. The van der Waals surface area contributed by atoms with Crippen molar-refractivity contribution >= 4 is 11.8 Å². The van der Waals surface area contributed by atoms with Crippen molar-refractivity contribution in [3.8, 4) is 22.8 Å². The second-order valence-corrected chi connectivity index (χ2v) is 5.48. The van der Waals surface area contributed by atoms with Gasteiger partial charge in [-0.25, -0.2) is 4.98 Å². The van der Waals surface area contributed by atoms with Gasteiger partial charge in [-0.1, -0.05) is 11.8 Å². The quantitative estimate of drug-likeness (QED) is 0.936. The standard InChI is InChI=1S/C14H16N2O3S/c1-18-11-4-3-9(7-12(11)19-2)13-10(8-17)16-5-6-20-14(16)15-13/h3-4,7,17H,5-6,8H2,1-2H3. The summed E-state index contributed by atoms with van der Waals surface area (Å²) in [5, 5.41) is 10.6. The van der Waals surface area contributed by atoms with Crippen LogP contribution < -0.4 is 9.47 Å². The van der Waals surface area contributed by atoms with Gasteiger partial charge in [-0.3, -0.25) is 0 Å². The zero-order valence-corrected chi connectivity index (χ0v) is 12.2. The molecule has 1 aromatic heterocycles. The SMILES string of the molecule is COc1ccc(-c2nc3n(c2CO)CCS3)cc1OC. The number of benzene rings is 1. The third-order valence-electron chi connectivity index (χ3n) is 3.39. The zero-order valence-electron chi connectivity index (χ0n) is 11.4. The number of methoxy groups -OCH3 is 2. The maximum atomic E-state index is 9.63. The Kier molecular flexibility index (Phi) is 3.58. The van der Waals surface area contributed by atoms with Gasteiger partial charge in [0.1, 0.15) is 0 Å². The number of thioether (sulfide) groups is 1. The van der Waals surface area contributed by atoms with Gasteiger partial charge in [0, 0.05) is 17.9 Å². The Bertz CT molecular complexity index is 640. The molecular formula is C14H16N2O3S. The molecule has 2 heterocycles. The molecule has 1 aromatic carbocycles. The fourth-order valence-electron chi connectivity index (χ4n) is 2.41. The summed E-state index contributed by atoms with van der Waals surface area (Å²) < 4.78 is 12.6. The normalized spacial score (nSPS) is 13.3. The fraction of sp³-hybridized carbons (Fsp3) is 0.357. The number of ether oxygens (including phenoxy) is 2. The third kappa shape index (κ3) is 2.05. The van der Waals surface area contributed by atoms with Gasteiger partial charge in [-0.2, -0.15) is 0 Å². The first-order valence-corrected chi connectivity index (χ1v) is 7.32. The minimum Gasteiger partial charge on any atom is -0.493 e. The van der Waals surface area contributed by atoms with Crippen molar-refractivity contribution in [3.05, 3.63) is 23.9 Å². The maximum Gasteiger partial charge on any atom is 0.168 e. The molecule has 0 unspecified atom stereocenters. The molecule has 106 valence electrons. The van der Waals surface area contributed by atoms with Crippen molar-refractivity contribution in [3.63, 3.8) is 0 Å². The lowest BCUT2D eigenvalue weighted by atomic mass is 10.1. The minimum absolute atomic E-state index is 0.0166. The van der Waals surface area contributed by atoms with E-state index < -0.39 is 0 Å². The number of aromatic nitrogens is 2. The van der Waals surface area contributed by atoms with Gasteiger partial charge in [0.05, 0.1) is 32.2 Å². The number of imidazole rings is 1. The maximum absolute atomic E-state index is 9.63. The number of hydrogen-bond donors (Lipinski definition) is 1. The number of rotatable bonds is 4. The second-order valence-electron chi connectivity index (χ2n) is 4.42. The van der Waals surface area contributed by atoms with Crippen LogP contribution in [0.4, 0.5) is 0 Å². The number of aliphatic hydroxyl groups is 1. The monoisotopic (exact) mass is 292 g/mol. The molecule has 3 rings (SSSR count). The molecule has 0 bridgehead atoms. The second kappa shape index (κ2) is 5.38. The Morgan fingerprint density at radius 2 is 2.10 bits per heavy atom. The van der Waals surface area contributed by atoms with Crippen LogP contribution in [0.1, 0.15) is 5.69 Å². The van der Waals surface area contributed by atoms with Crippen molar-refractivity contribution < 1.29 is 14.6 Å². The first-order chi connectivity index (χ1) is 9.78. The molecule has 0 aliphatic carbocycles. The number of nitrogens with zero attached hydrogens (tertiary/aromatic N) is 2. The van der Waals surface area contributed by atoms with Gasteiger partial charge in [0.25, 0.3) is 0 Å². The predicted molar refractivity (Wildman–Crippen MR) is 77.4 cm³/mol. The Balaban J connectivity index is 2.09. The highest BCUT2D eigenvalue weighted by molar-refractivity contribution is 7.99. The van der Waals surface area contributed by atoms with Crippen molar-refractivity contribution in [2.24, 2.45) is 0 Å². The van der Waals surface area contributed by atoms with E-state index >= 15 is 0 Å². The molecule has 1 aliphatic heterocycles. The highest BCUT2D eigenvalue weighted by atomic mass is 32.2. The Labute approximate surface area is 121 Å². The van der Waals surface area contributed by atoms with Gasteiger partial charge in [-0.15, -0.1) is 0 Å². The number of fused-ring (bicyclic) bond motifs is 1. The molecule has 2 aromatic rings. The van der Waals surface area contributed by atoms with Crippen molar-refractivity contribution in [2.75, 3.05) is 20.0 Å². The number of hydrogen-bond acceptors (Lipinski definition) is 5. The Morgan fingerprint density at radius 1 is 1.30 bits per heavy atom. The van der Waals surface area contributed by atoms with E-state index in [4.69, 9.17) is 9.47 Å². The van der Waals surface area contributed by atoms with Gasteiger partial charge >= 0.3 is 0 Å². The molecule has 20 heavy (non-hydrogen) atoms. The summed E-state index contributed by atoms with van der Waals surface area (Å²) in [4.78, 5) is 4.63. The van der Waals surface area contributed by atoms with Crippen LogP contribution in [0, 0.1) is 0 Å². The lowest BCUT2D eigenvalue weighted by molar-refractivity contribution is 0.271. The number of aliphatic hydroxyl groups excluding tert-OH is 1. The topological polar surface area (TPSA) is 56.5 Å². The molecule has 0 amide bonds. The van der Waals surface area contributed by atoms with E-state index in [2.05, 4.69) is 9.55 Å². The summed E-state index contributed by atoms with van der Waals surface area (Å²) in [6.45, 7) is 0.882. The fourth-order valence-corrected chi connectivity index (χ4v) is 3.38. The summed E-state index contributed by atoms with van der Waals surface area (Å²) in [7, 11) is 3.22. The average Bonchev–Trinajstić information content (AvgIpc) is 3.06. The van der Waals surface area contributed by atoms with E-state index in [9.17, 15) is 5.11 Å². The van der Waals surface area contributed by atoms with E-state index in [0.717, 1.165) is 34.4 Å². The van der Waals surface area contributed by atoms with Crippen LogP contribution in [0.3, 0.4) is 0 Å². The van der Waals surface area contributed by atoms with Gasteiger partial charge in [0.2, 0.25) is 0 Å². The molecule has 5 nitrogen and oxygen atoms in total. The summed E-state index contributed by atoms with van der Waals surface area (Å²) >= 11 is 1.72. The molecule has 0 spiro atoms. The van der Waals surface area contributed by atoms with Gasteiger partial charge < -0.3 is 19.1 Å². The smallest absolute Gasteiger partial charge is 0.168 e. The third-order valence-corrected chi connectivity index (χ3v) is 4.35. The van der Waals surface area contributed by atoms with Gasteiger partial charge in [0.15, 0.2) is 16.7 Å². The van der Waals surface area contributed by atoms with Gasteiger partial charge in [-0.05, 0) is 18.2 Å². The lowest BCUT2D eigenvalue weighted by Crippen LogP contribution is -2.01. The van der Waals surface area contributed by atoms with Crippen LogP contribution in [0.5, 0.6) is 11.5 Å². The van der Waals surface area contributed by atoms with E-state index in [0.29, 0.717) is 11.5 Å². The van der Waals surface area contributed by atoms with Crippen LogP contribution >= 0.6 is 11.8 Å². The van der Waals surface area contributed by atoms with Crippen molar-refractivity contribution in [2.45, 2.75) is 18.3 Å². The summed E-state index contributed by atoms with van der Waals surface area (Å²) in [5.41, 5.74) is 2.60. The van der Waals surface area contributed by atoms with Crippen molar-refractivity contribution in [1.82, 2.24) is 9.55 Å². The molecule has 0 atom stereocenters. The van der Waals surface area contributed by atoms with E-state index in [-0.39, 0.29) is 6.61 Å². The predicted octanol–water partition coefficient (Wildman–Crippen LogP) is 2.17. The van der Waals surface area contributed by atoms with Crippen molar-refractivity contribution in [1.29, 1.82) is 0 Å². The van der Waals surface area contributed by atoms with Crippen LogP contribution in [-0.2, 0) is 13.2 Å². The molecular weight excluding hydrogens is 276 g/mol. The highest BCUT2D eigenvalue weighted by Crippen LogP contribution is 2.36. The molecule has 0 fully saturated rings. The Hall–Kier alpha value is -1.66. The lowest BCUT2D eigenvalue weighted by Gasteiger charge is -2.10. The van der Waals surface area contributed by atoms with Crippen LogP contribution in [0.15, 0.2) is 23.4 Å². The summed E-state index contributed by atoms with van der Waals surface area (Å²) in [6, 6.07) is 5.68. The zero-order chi connectivity index (χ0) is 14.1. The first-order valence-electron chi connectivity index (χ1n) is 6.34. The van der Waals surface area contributed by atoms with E-state index in [1.807, 2.05) is 18.2 Å². The van der Waals surface area contributed by atoms with E-state index in [1.54, 1.807) is 26.0 Å².